The van der Waals surface area contributed by atoms with E-state index in [2.05, 4.69) is 5.32 Å². The molecule has 2 amide bonds. The molecular formula is C21H32F3N3O4. The van der Waals surface area contributed by atoms with Gasteiger partial charge in [0.05, 0.1) is 12.7 Å². The summed E-state index contributed by atoms with van der Waals surface area (Å²) in [5.74, 6) is -4.07. The number of rotatable bonds is 7. The van der Waals surface area contributed by atoms with Gasteiger partial charge in [0, 0.05) is 37.7 Å². The Morgan fingerprint density at radius 3 is 2.39 bits per heavy atom. The maximum atomic E-state index is 13.7. The fourth-order valence-corrected chi connectivity index (χ4v) is 2.88. The molecule has 0 radical (unpaired) electrons. The van der Waals surface area contributed by atoms with E-state index in [0.29, 0.717) is 19.2 Å². The molecular weight excluding hydrogens is 415 g/mol. The highest BCUT2D eigenvalue weighted by molar-refractivity contribution is 5.89. The van der Waals surface area contributed by atoms with E-state index in [1.165, 1.54) is 4.90 Å². The minimum Gasteiger partial charge on any atom is -0.394 e. The van der Waals surface area contributed by atoms with Crippen LogP contribution in [0.1, 0.15) is 39.7 Å². The van der Waals surface area contributed by atoms with E-state index >= 15 is 0 Å². The summed E-state index contributed by atoms with van der Waals surface area (Å²) >= 11 is 0. The fourth-order valence-electron chi connectivity index (χ4n) is 2.88. The Labute approximate surface area is 180 Å². The first-order chi connectivity index (χ1) is 14.4. The molecule has 2 rings (SSSR count). The molecule has 0 aliphatic carbocycles. The number of benzene rings is 1. The van der Waals surface area contributed by atoms with Gasteiger partial charge in [0.2, 0.25) is 11.8 Å². The van der Waals surface area contributed by atoms with Crippen LogP contribution in [0.5, 0.6) is 0 Å². The van der Waals surface area contributed by atoms with Gasteiger partial charge in [-0.2, -0.15) is 0 Å². The van der Waals surface area contributed by atoms with Gasteiger partial charge in [-0.3, -0.25) is 9.59 Å². The van der Waals surface area contributed by atoms with Crippen LogP contribution < -0.4 is 11.1 Å². The van der Waals surface area contributed by atoms with Crippen LogP contribution in [0.4, 0.5) is 13.2 Å². The molecule has 2 atom stereocenters. The van der Waals surface area contributed by atoms with Gasteiger partial charge in [-0.15, -0.1) is 0 Å². The molecule has 4 N–H and O–H groups in total. The highest BCUT2D eigenvalue weighted by atomic mass is 19.2. The summed E-state index contributed by atoms with van der Waals surface area (Å²) in [5.41, 5.74) is 5.80. The number of amides is 2. The molecule has 1 aliphatic heterocycles. The normalized spacial score (nSPS) is 17.3. The second-order valence-electron chi connectivity index (χ2n) is 7.90. The smallest absolute Gasteiger partial charge is 0.245 e. The Hall–Kier alpha value is -2.17. The number of carbonyl (C=O) groups excluding carboxylic acids is 2. The van der Waals surface area contributed by atoms with E-state index < -0.39 is 29.5 Å². The van der Waals surface area contributed by atoms with Crippen molar-refractivity contribution in [2.45, 2.75) is 64.8 Å². The van der Waals surface area contributed by atoms with Crippen LogP contribution in [-0.2, 0) is 20.7 Å². The number of ether oxygens (including phenoxy) is 1. The molecule has 0 bridgehead atoms. The van der Waals surface area contributed by atoms with E-state index in [1.54, 1.807) is 13.8 Å². The van der Waals surface area contributed by atoms with Crippen molar-refractivity contribution >= 4 is 11.8 Å². The third-order valence-corrected chi connectivity index (χ3v) is 4.25. The highest BCUT2D eigenvalue weighted by Crippen LogP contribution is 2.17. The molecule has 1 aliphatic rings. The van der Waals surface area contributed by atoms with E-state index in [1.807, 2.05) is 13.8 Å². The van der Waals surface area contributed by atoms with Crippen molar-refractivity contribution in [3.8, 4) is 0 Å². The van der Waals surface area contributed by atoms with Gasteiger partial charge < -0.3 is 25.8 Å². The lowest BCUT2D eigenvalue weighted by molar-refractivity contribution is -0.146. The predicted octanol–water partition coefficient (Wildman–Crippen LogP) is 1.50. The second-order valence-corrected chi connectivity index (χ2v) is 7.90. The van der Waals surface area contributed by atoms with Crippen molar-refractivity contribution in [2.24, 2.45) is 5.73 Å². The van der Waals surface area contributed by atoms with E-state index in [4.69, 9.17) is 15.6 Å². The average molecular weight is 447 g/mol. The maximum Gasteiger partial charge on any atom is 0.245 e. The predicted molar refractivity (Wildman–Crippen MR) is 110 cm³/mol. The quantitative estimate of drug-likeness (QED) is 0.550. The number of nitrogens with zero attached hydrogens (tertiary/aromatic N) is 1. The van der Waals surface area contributed by atoms with Crippen LogP contribution in [0.25, 0.3) is 0 Å². The van der Waals surface area contributed by atoms with Gasteiger partial charge in [0.15, 0.2) is 11.6 Å². The Balaban J connectivity index is 0.00000110. The third-order valence-electron chi connectivity index (χ3n) is 4.25. The first-order valence-electron chi connectivity index (χ1n) is 10.2. The summed E-state index contributed by atoms with van der Waals surface area (Å²) in [7, 11) is 0. The summed E-state index contributed by atoms with van der Waals surface area (Å²) in [6, 6.07) is -0.384. The molecule has 10 heteroatoms. The largest absolute Gasteiger partial charge is 0.394 e. The third kappa shape index (κ3) is 9.24. The first-order valence-corrected chi connectivity index (χ1v) is 10.2. The molecule has 1 fully saturated rings. The number of piperazine rings is 1. The molecule has 0 unspecified atom stereocenters. The number of nitrogens with two attached hydrogens (primary N) is 1. The number of hydrogen-bond acceptors (Lipinski definition) is 5. The minimum atomic E-state index is -1.28. The molecule has 176 valence electrons. The van der Waals surface area contributed by atoms with Crippen molar-refractivity contribution in [2.75, 3.05) is 19.7 Å². The van der Waals surface area contributed by atoms with E-state index in [0.717, 1.165) is 6.07 Å². The average Bonchev–Trinajstić information content (AvgIpc) is 2.64. The van der Waals surface area contributed by atoms with Crippen LogP contribution in [0.15, 0.2) is 12.1 Å². The topological polar surface area (TPSA) is 105 Å². The van der Waals surface area contributed by atoms with Gasteiger partial charge >= 0.3 is 0 Å². The number of carbonyl (C=O) groups is 2. The fraction of sp³-hybridized carbons (Fsp3) is 0.619. The molecule has 0 saturated carbocycles. The summed E-state index contributed by atoms with van der Waals surface area (Å²) in [5, 5.41) is 10.7. The lowest BCUT2D eigenvalue weighted by Crippen LogP contribution is -2.59. The van der Waals surface area contributed by atoms with Crippen LogP contribution in [0, 0.1) is 17.5 Å². The van der Waals surface area contributed by atoms with Gasteiger partial charge in [-0.05, 0) is 45.7 Å². The number of halogens is 3. The molecule has 0 aromatic heterocycles. The van der Waals surface area contributed by atoms with Gasteiger partial charge in [0.1, 0.15) is 11.9 Å². The molecule has 1 aromatic carbocycles. The molecule has 1 heterocycles. The Kier molecular flexibility index (Phi) is 10.9. The van der Waals surface area contributed by atoms with Crippen molar-refractivity contribution in [1.82, 2.24) is 10.2 Å². The summed E-state index contributed by atoms with van der Waals surface area (Å²) < 4.78 is 45.5. The molecule has 31 heavy (non-hydrogen) atoms. The maximum absolute atomic E-state index is 13.7. The summed E-state index contributed by atoms with van der Waals surface area (Å²) in [6.45, 7) is 7.76. The zero-order valence-corrected chi connectivity index (χ0v) is 18.3. The van der Waals surface area contributed by atoms with Crippen molar-refractivity contribution in [3.63, 3.8) is 0 Å². The second kappa shape index (κ2) is 12.6. The number of hydrogen-bond donors (Lipinski definition) is 3. The monoisotopic (exact) mass is 447 g/mol. The van der Waals surface area contributed by atoms with Gasteiger partial charge in [-0.1, -0.05) is 0 Å². The van der Waals surface area contributed by atoms with E-state index in [-0.39, 0.29) is 49.0 Å². The lowest BCUT2D eigenvalue weighted by atomic mass is 10.0. The van der Waals surface area contributed by atoms with Gasteiger partial charge in [0.25, 0.3) is 0 Å². The van der Waals surface area contributed by atoms with Crippen molar-refractivity contribution < 1.29 is 32.6 Å². The Morgan fingerprint density at radius 2 is 1.81 bits per heavy atom. The molecule has 1 aromatic rings. The Morgan fingerprint density at radius 1 is 1.23 bits per heavy atom. The van der Waals surface area contributed by atoms with Crippen LogP contribution in [0.2, 0.25) is 0 Å². The van der Waals surface area contributed by atoms with Crippen LogP contribution in [0.3, 0.4) is 0 Å². The number of aliphatic hydroxyl groups is 1. The zero-order chi connectivity index (χ0) is 23.7. The molecule has 0 spiro atoms. The SMILES string of the molecule is CC(C)O.CC(C)OC[C@@H]1C(=O)NCCN1C(=O)C[C@H](N)Cc1cc(F)c(F)cc1F. The van der Waals surface area contributed by atoms with Crippen molar-refractivity contribution in [1.29, 1.82) is 0 Å². The first kappa shape index (κ1) is 26.9. The molecule has 1 saturated heterocycles. The van der Waals surface area contributed by atoms with Crippen LogP contribution >= 0.6 is 0 Å². The summed E-state index contributed by atoms with van der Waals surface area (Å²) in [4.78, 5) is 26.0. The standard InChI is InChI=1S/C18H24F3N3O3.C3H8O/c1-10(2)27-9-16-18(26)23-3-4-24(16)17(25)7-12(22)5-11-6-14(20)15(21)8-13(11)19;1-3(2)4/h6,8,10,12,16H,3-5,7,9,22H2,1-2H3,(H,23,26);3-4H,1-2H3/t12-,16-;/m1./s1. The van der Waals surface area contributed by atoms with Gasteiger partial charge in [-0.25, -0.2) is 13.2 Å². The minimum absolute atomic E-state index is 0.0578. The van der Waals surface area contributed by atoms with E-state index in [9.17, 15) is 22.8 Å². The van der Waals surface area contributed by atoms with Crippen LogP contribution in [-0.4, -0.2) is 65.8 Å². The van der Waals surface area contributed by atoms with Crippen molar-refractivity contribution in [3.05, 3.63) is 35.1 Å². The summed E-state index contributed by atoms with van der Waals surface area (Å²) in [6.07, 6.45) is -0.568. The number of nitrogens with one attached hydrogen (secondary N) is 1. The zero-order valence-electron chi connectivity index (χ0n) is 18.3. The Bertz CT molecular complexity index is 744. The number of aliphatic hydroxyl groups excluding tert-OH is 1. The molecule has 7 nitrogen and oxygen atoms in total. The lowest BCUT2D eigenvalue weighted by Gasteiger charge is -2.35. The highest BCUT2D eigenvalue weighted by Gasteiger charge is 2.34.